The van der Waals surface area contributed by atoms with Crippen molar-refractivity contribution in [2.24, 2.45) is 0 Å². The van der Waals surface area contributed by atoms with Crippen LogP contribution >= 0.6 is 0 Å². The van der Waals surface area contributed by atoms with Gasteiger partial charge in [0.2, 0.25) is 0 Å². The van der Waals surface area contributed by atoms with E-state index in [0.717, 1.165) is 31.9 Å². The summed E-state index contributed by atoms with van der Waals surface area (Å²) in [7, 11) is 0. The van der Waals surface area contributed by atoms with Gasteiger partial charge in [-0.05, 0) is 31.0 Å². The zero-order chi connectivity index (χ0) is 15.7. The maximum Gasteiger partial charge on any atom is 0.127 e. The number of unbranched alkanes of at least 4 members (excludes halogenated alkanes) is 1. The zero-order valence-corrected chi connectivity index (χ0v) is 13.7. The molecular weight excluding hydrogens is 284 g/mol. The monoisotopic (exact) mass is 310 g/mol. The Balaban J connectivity index is 1.47. The lowest BCUT2D eigenvalue weighted by atomic mass is 10.1. The minimum Gasteiger partial charge on any atom is -0.493 e. The summed E-state index contributed by atoms with van der Waals surface area (Å²) < 4.78 is 6.05. The van der Waals surface area contributed by atoms with E-state index < -0.39 is 0 Å². The van der Waals surface area contributed by atoms with Gasteiger partial charge in [0.1, 0.15) is 5.75 Å². The van der Waals surface area contributed by atoms with Crippen molar-refractivity contribution in [3.63, 3.8) is 0 Å². The van der Waals surface area contributed by atoms with E-state index in [0.29, 0.717) is 0 Å². The lowest BCUT2D eigenvalue weighted by Crippen LogP contribution is -2.43. The lowest BCUT2D eigenvalue weighted by molar-refractivity contribution is 0.226. The van der Waals surface area contributed by atoms with Gasteiger partial charge in [0.05, 0.1) is 6.61 Å². The van der Waals surface area contributed by atoms with E-state index >= 15 is 0 Å². The van der Waals surface area contributed by atoms with Crippen molar-refractivity contribution in [3.8, 4) is 16.9 Å². The fourth-order valence-electron chi connectivity index (χ4n) is 3.00. The van der Waals surface area contributed by atoms with Gasteiger partial charge in [-0.15, -0.1) is 0 Å². The Morgan fingerprint density at radius 1 is 0.870 bits per heavy atom. The Labute approximate surface area is 139 Å². The molecule has 0 unspecified atom stereocenters. The molecule has 0 saturated carbocycles. The first kappa shape index (κ1) is 16.0. The highest BCUT2D eigenvalue weighted by Gasteiger charge is 2.09. The molecule has 1 aliphatic heterocycles. The number of para-hydroxylation sites is 1. The third kappa shape index (κ3) is 4.81. The van der Waals surface area contributed by atoms with Crippen LogP contribution in [0.4, 0.5) is 0 Å². The Kier molecular flexibility index (Phi) is 6.07. The summed E-state index contributed by atoms with van der Waals surface area (Å²) in [6.45, 7) is 6.58. The van der Waals surface area contributed by atoms with Crippen LogP contribution in [0.3, 0.4) is 0 Å². The summed E-state index contributed by atoms with van der Waals surface area (Å²) in [4.78, 5) is 2.54. The second kappa shape index (κ2) is 8.70. The first-order valence-electron chi connectivity index (χ1n) is 8.64. The van der Waals surface area contributed by atoms with E-state index in [9.17, 15) is 0 Å². The van der Waals surface area contributed by atoms with Crippen molar-refractivity contribution in [2.45, 2.75) is 12.8 Å². The Morgan fingerprint density at radius 3 is 2.43 bits per heavy atom. The smallest absolute Gasteiger partial charge is 0.127 e. The summed E-state index contributed by atoms with van der Waals surface area (Å²) in [6.07, 6.45) is 2.31. The van der Waals surface area contributed by atoms with Crippen molar-refractivity contribution in [3.05, 3.63) is 54.6 Å². The predicted octanol–water partition coefficient (Wildman–Crippen LogP) is 3.42. The van der Waals surface area contributed by atoms with E-state index in [1.165, 1.54) is 37.2 Å². The van der Waals surface area contributed by atoms with Crippen LogP contribution in [0.25, 0.3) is 11.1 Å². The van der Waals surface area contributed by atoms with Gasteiger partial charge in [-0.2, -0.15) is 0 Å². The fourth-order valence-corrected chi connectivity index (χ4v) is 3.00. The lowest BCUT2D eigenvalue weighted by Gasteiger charge is -2.27. The number of piperazine rings is 1. The number of benzene rings is 2. The molecule has 1 aliphatic rings. The highest BCUT2D eigenvalue weighted by Crippen LogP contribution is 2.29. The molecule has 122 valence electrons. The standard InChI is InChI=1S/C20H26N2O/c1-2-8-18(9-3-1)19-10-4-5-11-20(19)23-17-7-6-14-22-15-12-21-13-16-22/h1-5,8-11,21H,6-7,12-17H2. The van der Waals surface area contributed by atoms with Gasteiger partial charge in [-0.25, -0.2) is 0 Å². The first-order valence-corrected chi connectivity index (χ1v) is 8.64. The Hall–Kier alpha value is -1.84. The second-order valence-corrected chi connectivity index (χ2v) is 6.01. The van der Waals surface area contributed by atoms with Gasteiger partial charge < -0.3 is 15.0 Å². The van der Waals surface area contributed by atoms with Crippen LogP contribution in [0.1, 0.15) is 12.8 Å². The van der Waals surface area contributed by atoms with E-state index in [1.807, 2.05) is 12.1 Å². The average molecular weight is 310 g/mol. The number of hydrogen-bond acceptors (Lipinski definition) is 3. The summed E-state index contributed by atoms with van der Waals surface area (Å²) >= 11 is 0. The molecule has 23 heavy (non-hydrogen) atoms. The number of nitrogens with zero attached hydrogens (tertiary/aromatic N) is 1. The van der Waals surface area contributed by atoms with Crippen LogP contribution < -0.4 is 10.1 Å². The van der Waals surface area contributed by atoms with Crippen LogP contribution in [-0.2, 0) is 0 Å². The normalized spacial score (nSPS) is 15.5. The quantitative estimate of drug-likeness (QED) is 0.793. The summed E-state index contributed by atoms with van der Waals surface area (Å²) in [5, 5.41) is 3.39. The topological polar surface area (TPSA) is 24.5 Å². The molecule has 2 aromatic rings. The van der Waals surface area contributed by atoms with Gasteiger partial charge in [0, 0.05) is 31.7 Å². The maximum atomic E-state index is 6.05. The van der Waals surface area contributed by atoms with E-state index in [-0.39, 0.29) is 0 Å². The molecule has 1 heterocycles. The minimum atomic E-state index is 0.788. The molecule has 2 aromatic carbocycles. The molecule has 1 saturated heterocycles. The molecule has 0 bridgehead atoms. The molecular formula is C20H26N2O. The molecule has 3 nitrogen and oxygen atoms in total. The predicted molar refractivity (Wildman–Crippen MR) is 95.9 cm³/mol. The van der Waals surface area contributed by atoms with Crippen LogP contribution in [-0.4, -0.2) is 44.2 Å². The zero-order valence-electron chi connectivity index (χ0n) is 13.7. The van der Waals surface area contributed by atoms with Crippen molar-refractivity contribution in [1.82, 2.24) is 10.2 Å². The van der Waals surface area contributed by atoms with Gasteiger partial charge in [0.25, 0.3) is 0 Å². The molecule has 0 amide bonds. The van der Waals surface area contributed by atoms with E-state index in [1.54, 1.807) is 0 Å². The first-order chi connectivity index (χ1) is 11.4. The fraction of sp³-hybridized carbons (Fsp3) is 0.400. The third-order valence-electron chi connectivity index (χ3n) is 4.31. The molecule has 1 fully saturated rings. The van der Waals surface area contributed by atoms with Crippen LogP contribution in [0, 0.1) is 0 Å². The summed E-state index contributed by atoms with van der Waals surface area (Å²) in [6, 6.07) is 18.8. The summed E-state index contributed by atoms with van der Waals surface area (Å²) in [5.41, 5.74) is 2.39. The molecule has 0 spiro atoms. The van der Waals surface area contributed by atoms with Crippen molar-refractivity contribution in [2.75, 3.05) is 39.3 Å². The molecule has 3 rings (SSSR count). The van der Waals surface area contributed by atoms with Gasteiger partial charge in [-0.1, -0.05) is 48.5 Å². The second-order valence-electron chi connectivity index (χ2n) is 6.01. The van der Waals surface area contributed by atoms with E-state index in [4.69, 9.17) is 4.74 Å². The molecule has 0 atom stereocenters. The van der Waals surface area contributed by atoms with Crippen LogP contribution in [0.15, 0.2) is 54.6 Å². The number of nitrogens with one attached hydrogen (secondary N) is 1. The molecule has 0 aliphatic carbocycles. The third-order valence-corrected chi connectivity index (χ3v) is 4.31. The number of ether oxygens (including phenoxy) is 1. The van der Waals surface area contributed by atoms with Crippen molar-refractivity contribution < 1.29 is 4.74 Å². The maximum absolute atomic E-state index is 6.05. The highest BCUT2D eigenvalue weighted by molar-refractivity contribution is 5.70. The largest absolute Gasteiger partial charge is 0.493 e. The Morgan fingerprint density at radius 2 is 1.61 bits per heavy atom. The highest BCUT2D eigenvalue weighted by atomic mass is 16.5. The minimum absolute atomic E-state index is 0.788. The molecule has 3 heteroatoms. The molecule has 1 N–H and O–H groups in total. The van der Waals surface area contributed by atoms with Crippen LogP contribution in [0.5, 0.6) is 5.75 Å². The number of rotatable bonds is 7. The SMILES string of the molecule is c1ccc(-c2ccccc2OCCCCN2CCNCC2)cc1. The average Bonchev–Trinajstić information content (AvgIpc) is 2.63. The van der Waals surface area contributed by atoms with Gasteiger partial charge in [0.15, 0.2) is 0 Å². The van der Waals surface area contributed by atoms with E-state index in [2.05, 4.69) is 52.7 Å². The van der Waals surface area contributed by atoms with Crippen LogP contribution in [0.2, 0.25) is 0 Å². The summed E-state index contributed by atoms with van der Waals surface area (Å²) in [5.74, 6) is 0.987. The van der Waals surface area contributed by atoms with Crippen molar-refractivity contribution in [1.29, 1.82) is 0 Å². The Bertz CT molecular complexity index is 579. The van der Waals surface area contributed by atoms with Gasteiger partial charge in [-0.3, -0.25) is 0 Å². The van der Waals surface area contributed by atoms with Gasteiger partial charge >= 0.3 is 0 Å². The molecule has 0 aromatic heterocycles. The molecule has 0 radical (unpaired) electrons. The number of hydrogen-bond donors (Lipinski definition) is 1. The van der Waals surface area contributed by atoms with Crippen molar-refractivity contribution >= 4 is 0 Å².